The normalized spacial score (nSPS) is 11.6. The molecule has 2 aromatic heterocycles. The summed E-state index contributed by atoms with van der Waals surface area (Å²) in [6, 6.07) is 5.53. The van der Waals surface area contributed by atoms with E-state index in [0.29, 0.717) is 11.4 Å². The number of nitrogens with zero attached hydrogens (tertiary/aromatic N) is 4. The van der Waals surface area contributed by atoms with E-state index in [9.17, 15) is 22.4 Å². The van der Waals surface area contributed by atoms with E-state index in [1.165, 1.54) is 48.3 Å². The van der Waals surface area contributed by atoms with Gasteiger partial charge in [0.05, 0.1) is 34.5 Å². The van der Waals surface area contributed by atoms with Gasteiger partial charge in [-0.3, -0.25) is 9.48 Å². The molecule has 1 amide bonds. The molecule has 142 valence electrons. The summed E-state index contributed by atoms with van der Waals surface area (Å²) in [7, 11) is 0. The lowest BCUT2D eigenvalue weighted by Crippen LogP contribution is -2.20. The third-order valence-electron chi connectivity index (χ3n) is 3.65. The van der Waals surface area contributed by atoms with Crippen molar-refractivity contribution in [3.63, 3.8) is 0 Å². The van der Waals surface area contributed by atoms with Crippen LogP contribution in [0.5, 0.6) is 0 Å². The molecule has 2 heterocycles. The van der Waals surface area contributed by atoms with Crippen LogP contribution in [-0.2, 0) is 17.5 Å². The van der Waals surface area contributed by atoms with Gasteiger partial charge in [0.15, 0.2) is 5.69 Å². The van der Waals surface area contributed by atoms with E-state index in [1.54, 1.807) is 0 Å². The van der Waals surface area contributed by atoms with Crippen LogP contribution in [0.25, 0.3) is 5.69 Å². The zero-order valence-corrected chi connectivity index (χ0v) is 14.5. The highest BCUT2D eigenvalue weighted by molar-refractivity contribution is 6.32. The first-order valence-corrected chi connectivity index (χ1v) is 7.93. The van der Waals surface area contributed by atoms with E-state index in [2.05, 4.69) is 15.5 Å². The van der Waals surface area contributed by atoms with Crippen molar-refractivity contribution in [1.29, 1.82) is 0 Å². The van der Waals surface area contributed by atoms with Gasteiger partial charge in [0.25, 0.3) is 0 Å². The molecule has 11 heteroatoms. The predicted molar refractivity (Wildman–Crippen MR) is 89.1 cm³/mol. The molecule has 0 aliphatic rings. The first kappa shape index (κ1) is 18.9. The maximum Gasteiger partial charge on any atom is 0.436 e. The van der Waals surface area contributed by atoms with Gasteiger partial charge in [0, 0.05) is 0 Å². The van der Waals surface area contributed by atoms with Crippen LogP contribution in [0.3, 0.4) is 0 Å². The van der Waals surface area contributed by atoms with Crippen molar-refractivity contribution >= 4 is 23.2 Å². The summed E-state index contributed by atoms with van der Waals surface area (Å²) < 4.78 is 53.7. The molecule has 6 nitrogen and oxygen atoms in total. The summed E-state index contributed by atoms with van der Waals surface area (Å²) in [4.78, 5) is 12.1. The number of halogens is 5. The smallest absolute Gasteiger partial charge is 0.322 e. The number of anilines is 1. The third-order valence-corrected chi connectivity index (χ3v) is 4.11. The van der Waals surface area contributed by atoms with E-state index < -0.39 is 35.2 Å². The lowest BCUT2D eigenvalue weighted by Gasteiger charge is -2.05. The highest BCUT2D eigenvalue weighted by Crippen LogP contribution is 2.35. The van der Waals surface area contributed by atoms with Crippen molar-refractivity contribution in [2.45, 2.75) is 19.6 Å². The van der Waals surface area contributed by atoms with E-state index in [4.69, 9.17) is 11.6 Å². The average molecular weight is 402 g/mol. The molecule has 1 aromatic carbocycles. The van der Waals surface area contributed by atoms with Gasteiger partial charge in [-0.1, -0.05) is 11.6 Å². The topological polar surface area (TPSA) is 64.7 Å². The molecule has 0 spiro atoms. The summed E-state index contributed by atoms with van der Waals surface area (Å²) in [6.07, 6.45) is -1.87. The van der Waals surface area contributed by atoms with Crippen LogP contribution in [0.4, 0.5) is 23.2 Å². The second kappa shape index (κ2) is 7.03. The maximum absolute atomic E-state index is 12.9. The molecular formula is C16H12ClF4N5O. The second-order valence-electron chi connectivity index (χ2n) is 5.60. The van der Waals surface area contributed by atoms with Gasteiger partial charge in [-0.25, -0.2) is 9.07 Å². The number of amides is 1. The lowest BCUT2D eigenvalue weighted by atomic mass is 10.3. The number of carbonyl (C=O) groups is 1. The van der Waals surface area contributed by atoms with Crippen LogP contribution in [0, 0.1) is 12.7 Å². The fraction of sp³-hybridized carbons (Fsp3) is 0.188. The molecule has 1 N–H and O–H groups in total. The summed E-state index contributed by atoms with van der Waals surface area (Å²) in [5.74, 6) is -1.00. The minimum absolute atomic E-state index is 0.0288. The van der Waals surface area contributed by atoms with E-state index in [-0.39, 0.29) is 5.69 Å². The standard InChI is InChI=1S/C16H12ClF4N5O/c1-9-14(17)15(16(19,20)21)24-25(9)8-13(27)23-11-6-22-26(7-11)12-4-2-10(18)3-5-12/h2-7H,8H2,1H3,(H,23,27). The molecule has 3 rings (SSSR count). The molecule has 0 unspecified atom stereocenters. The molecule has 3 aromatic rings. The highest BCUT2D eigenvalue weighted by Gasteiger charge is 2.38. The summed E-state index contributed by atoms with van der Waals surface area (Å²) in [6.45, 7) is 0.883. The number of carbonyl (C=O) groups excluding carboxylic acids is 1. The number of alkyl halides is 3. The van der Waals surface area contributed by atoms with Gasteiger partial charge in [-0.2, -0.15) is 23.4 Å². The van der Waals surface area contributed by atoms with E-state index in [0.717, 1.165) is 4.68 Å². The Kier molecular flexibility index (Phi) is 4.92. The van der Waals surface area contributed by atoms with Crippen LogP contribution >= 0.6 is 11.6 Å². The van der Waals surface area contributed by atoms with E-state index in [1.807, 2.05) is 0 Å². The van der Waals surface area contributed by atoms with Gasteiger partial charge >= 0.3 is 6.18 Å². The van der Waals surface area contributed by atoms with Crippen LogP contribution in [0.2, 0.25) is 5.02 Å². The Morgan fingerprint density at radius 3 is 2.52 bits per heavy atom. The van der Waals surface area contributed by atoms with E-state index >= 15 is 0 Å². The Bertz CT molecular complexity index is 978. The fourth-order valence-corrected chi connectivity index (χ4v) is 2.56. The third kappa shape index (κ3) is 4.11. The molecule has 0 aliphatic carbocycles. The quantitative estimate of drug-likeness (QED) is 0.676. The van der Waals surface area contributed by atoms with Crippen LogP contribution in [0.1, 0.15) is 11.4 Å². The van der Waals surface area contributed by atoms with Gasteiger partial charge in [-0.15, -0.1) is 0 Å². The first-order chi connectivity index (χ1) is 12.6. The molecule has 0 aliphatic heterocycles. The number of hydrogen-bond donors (Lipinski definition) is 1. The Balaban J connectivity index is 1.71. The maximum atomic E-state index is 12.9. The lowest BCUT2D eigenvalue weighted by molar-refractivity contribution is -0.141. The van der Waals surface area contributed by atoms with Gasteiger partial charge in [0.2, 0.25) is 5.91 Å². The number of benzene rings is 1. The van der Waals surface area contributed by atoms with Crippen molar-refractivity contribution < 1.29 is 22.4 Å². The molecule has 0 saturated heterocycles. The molecular weight excluding hydrogens is 390 g/mol. The summed E-state index contributed by atoms with van der Waals surface area (Å²) >= 11 is 5.65. The van der Waals surface area contributed by atoms with Crippen LogP contribution in [-0.4, -0.2) is 25.5 Å². The molecule has 27 heavy (non-hydrogen) atoms. The van der Waals surface area contributed by atoms with Gasteiger partial charge in [-0.05, 0) is 31.2 Å². The van der Waals surface area contributed by atoms with Crippen molar-refractivity contribution in [2.75, 3.05) is 5.32 Å². The zero-order valence-electron chi connectivity index (χ0n) is 13.8. The van der Waals surface area contributed by atoms with Crippen LogP contribution < -0.4 is 5.32 Å². The number of hydrogen-bond acceptors (Lipinski definition) is 3. The average Bonchev–Trinajstić information content (AvgIpc) is 3.15. The Morgan fingerprint density at radius 1 is 1.26 bits per heavy atom. The number of rotatable bonds is 4. The van der Waals surface area contributed by atoms with Gasteiger partial charge < -0.3 is 5.32 Å². The Labute approximate surface area is 155 Å². The van der Waals surface area contributed by atoms with Crippen LogP contribution in [0.15, 0.2) is 36.7 Å². The largest absolute Gasteiger partial charge is 0.436 e. The summed E-state index contributed by atoms with van der Waals surface area (Å²) in [5.41, 5.74) is -0.322. The van der Waals surface area contributed by atoms with Crippen molar-refractivity contribution in [2.24, 2.45) is 0 Å². The SMILES string of the molecule is Cc1c(Cl)c(C(F)(F)F)nn1CC(=O)Nc1cnn(-c2ccc(F)cc2)c1. The monoisotopic (exact) mass is 401 g/mol. The number of nitrogens with one attached hydrogen (secondary N) is 1. The molecule has 0 saturated carbocycles. The van der Waals surface area contributed by atoms with Crippen molar-refractivity contribution in [1.82, 2.24) is 19.6 Å². The Hall–Kier alpha value is -2.88. The summed E-state index contributed by atoms with van der Waals surface area (Å²) in [5, 5.41) is 9.36. The Morgan fingerprint density at radius 2 is 1.93 bits per heavy atom. The molecule has 0 radical (unpaired) electrons. The number of aromatic nitrogens is 4. The van der Waals surface area contributed by atoms with Crippen molar-refractivity contribution in [3.05, 3.63) is 58.9 Å². The van der Waals surface area contributed by atoms with Gasteiger partial charge in [0.1, 0.15) is 12.4 Å². The molecule has 0 bridgehead atoms. The minimum atomic E-state index is -4.71. The predicted octanol–water partition coefficient (Wildman–Crippen LogP) is 3.83. The van der Waals surface area contributed by atoms with Crippen molar-refractivity contribution in [3.8, 4) is 5.69 Å². The molecule has 0 atom stereocenters. The zero-order chi connectivity index (χ0) is 19.8. The fourth-order valence-electron chi connectivity index (χ4n) is 2.32. The second-order valence-corrected chi connectivity index (χ2v) is 5.98. The highest BCUT2D eigenvalue weighted by atomic mass is 35.5. The molecule has 0 fully saturated rings. The minimum Gasteiger partial charge on any atom is -0.322 e. The first-order valence-electron chi connectivity index (χ1n) is 7.55.